The van der Waals surface area contributed by atoms with Crippen LogP contribution in [0.25, 0.3) is 0 Å². The van der Waals surface area contributed by atoms with Crippen LogP contribution in [0.15, 0.2) is 24.7 Å². The summed E-state index contributed by atoms with van der Waals surface area (Å²) in [6.07, 6.45) is 13.4. The largest absolute Gasteiger partial charge is 0.369 e. The van der Waals surface area contributed by atoms with Gasteiger partial charge in [-0.05, 0) is 79.7 Å². The molecule has 4 saturated carbocycles. The molecule has 4 aliphatic carbocycles. The maximum atomic E-state index is 5.92. The maximum Gasteiger partial charge on any atom is 0.132 e. The van der Waals surface area contributed by atoms with Crippen LogP contribution in [0.5, 0.6) is 0 Å². The van der Waals surface area contributed by atoms with Crippen LogP contribution in [0.1, 0.15) is 55.3 Å². The van der Waals surface area contributed by atoms with Gasteiger partial charge in [-0.3, -0.25) is 4.90 Å². The predicted molar refractivity (Wildman–Crippen MR) is 118 cm³/mol. The summed E-state index contributed by atoms with van der Waals surface area (Å²) in [7, 11) is 0. The predicted octanol–water partition coefficient (Wildman–Crippen LogP) is 4.71. The van der Waals surface area contributed by atoms with Crippen molar-refractivity contribution >= 4 is 17.4 Å². The zero-order chi connectivity index (χ0) is 20.1. The van der Waals surface area contributed by atoms with Gasteiger partial charge in [0.25, 0.3) is 0 Å². The summed E-state index contributed by atoms with van der Waals surface area (Å²) >= 11 is 5.92. The first kappa shape index (κ1) is 19.0. The molecule has 0 radical (unpaired) electrons. The van der Waals surface area contributed by atoms with Crippen LogP contribution in [0, 0.1) is 23.2 Å². The Hall–Kier alpha value is -1.72. The molecule has 1 N–H and O–H groups in total. The molecular formula is C24H30ClN5. The molecule has 6 heteroatoms. The van der Waals surface area contributed by atoms with Crippen molar-refractivity contribution < 1.29 is 0 Å². The summed E-state index contributed by atoms with van der Waals surface area (Å²) in [4.78, 5) is 15.9. The van der Waals surface area contributed by atoms with Crippen molar-refractivity contribution in [1.82, 2.24) is 19.9 Å². The molecule has 2 aromatic rings. The SMILES string of the molecule is Clc1ccc(CN2CCc3c(ncnc3NCC34CC5CC(CC(C5)C3)C4)C2)cn1. The molecule has 0 saturated heterocycles. The van der Waals surface area contributed by atoms with Crippen LogP contribution in [0.3, 0.4) is 0 Å². The third-order valence-electron chi connectivity index (χ3n) is 8.08. The topological polar surface area (TPSA) is 53.9 Å². The van der Waals surface area contributed by atoms with E-state index in [0.717, 1.165) is 56.2 Å². The molecule has 4 fully saturated rings. The minimum atomic E-state index is 0.523. The van der Waals surface area contributed by atoms with Crippen molar-refractivity contribution in [3.05, 3.63) is 46.6 Å². The Kier molecular flexibility index (Phi) is 4.72. The van der Waals surface area contributed by atoms with Gasteiger partial charge >= 0.3 is 0 Å². The Morgan fingerprint density at radius 3 is 2.50 bits per heavy atom. The van der Waals surface area contributed by atoms with Crippen molar-refractivity contribution in [3.63, 3.8) is 0 Å². The Morgan fingerprint density at radius 2 is 1.80 bits per heavy atom. The minimum absolute atomic E-state index is 0.523. The first-order valence-electron chi connectivity index (χ1n) is 11.5. The third kappa shape index (κ3) is 3.60. The second kappa shape index (κ2) is 7.45. The van der Waals surface area contributed by atoms with Gasteiger partial charge in [-0.1, -0.05) is 17.7 Å². The number of aromatic nitrogens is 3. The number of hydrogen-bond donors (Lipinski definition) is 1. The molecule has 0 spiro atoms. The molecule has 5 nitrogen and oxygen atoms in total. The molecule has 7 rings (SSSR count). The lowest BCUT2D eigenvalue weighted by Gasteiger charge is -2.57. The molecule has 30 heavy (non-hydrogen) atoms. The highest BCUT2D eigenvalue weighted by Gasteiger charge is 2.50. The fourth-order valence-electron chi connectivity index (χ4n) is 7.23. The number of fused-ring (bicyclic) bond motifs is 1. The van der Waals surface area contributed by atoms with Crippen molar-refractivity contribution in [2.75, 3.05) is 18.4 Å². The highest BCUT2D eigenvalue weighted by atomic mass is 35.5. The standard InChI is InChI=1S/C24H30ClN5/c25-22-2-1-16(11-26-22)12-30-4-3-20-21(13-30)28-15-29-23(20)27-14-24-8-17-5-18(9-24)7-19(6-17)10-24/h1-2,11,15,17-19H,3-10,12-14H2,(H,27,28,29). The number of nitrogens with zero attached hydrogens (tertiary/aromatic N) is 4. The highest BCUT2D eigenvalue weighted by molar-refractivity contribution is 6.29. The lowest BCUT2D eigenvalue weighted by atomic mass is 9.49. The number of halogens is 1. The molecule has 0 amide bonds. The van der Waals surface area contributed by atoms with Gasteiger partial charge in [-0.15, -0.1) is 0 Å². The molecule has 0 atom stereocenters. The van der Waals surface area contributed by atoms with E-state index < -0.39 is 0 Å². The van der Waals surface area contributed by atoms with Crippen molar-refractivity contribution in [2.24, 2.45) is 23.2 Å². The highest BCUT2D eigenvalue weighted by Crippen LogP contribution is 2.59. The average molecular weight is 424 g/mol. The molecule has 5 aliphatic rings. The number of nitrogens with one attached hydrogen (secondary N) is 1. The minimum Gasteiger partial charge on any atom is -0.369 e. The molecule has 158 valence electrons. The van der Waals surface area contributed by atoms with Gasteiger partial charge in [0, 0.05) is 37.9 Å². The van der Waals surface area contributed by atoms with Crippen LogP contribution in [0.2, 0.25) is 5.15 Å². The van der Waals surface area contributed by atoms with Gasteiger partial charge in [0.15, 0.2) is 0 Å². The van der Waals surface area contributed by atoms with E-state index in [4.69, 9.17) is 11.6 Å². The monoisotopic (exact) mass is 423 g/mol. The molecular weight excluding hydrogens is 394 g/mol. The summed E-state index contributed by atoms with van der Waals surface area (Å²) < 4.78 is 0. The summed E-state index contributed by atoms with van der Waals surface area (Å²) in [5, 5.41) is 4.35. The second-order valence-corrected chi connectivity index (χ2v) is 10.8. The first-order valence-corrected chi connectivity index (χ1v) is 11.9. The fourth-order valence-corrected chi connectivity index (χ4v) is 7.34. The first-order chi connectivity index (χ1) is 14.6. The van der Waals surface area contributed by atoms with E-state index in [1.807, 2.05) is 12.3 Å². The number of hydrogen-bond acceptors (Lipinski definition) is 5. The van der Waals surface area contributed by atoms with Crippen LogP contribution in [-0.4, -0.2) is 32.9 Å². The van der Waals surface area contributed by atoms with E-state index in [1.54, 1.807) is 6.33 Å². The van der Waals surface area contributed by atoms with E-state index in [9.17, 15) is 0 Å². The quantitative estimate of drug-likeness (QED) is 0.705. The molecule has 3 heterocycles. The van der Waals surface area contributed by atoms with Gasteiger partial charge in [0.05, 0.1) is 5.69 Å². The lowest BCUT2D eigenvalue weighted by molar-refractivity contribution is -0.0444. The van der Waals surface area contributed by atoms with Gasteiger partial charge < -0.3 is 5.32 Å². The van der Waals surface area contributed by atoms with Crippen LogP contribution < -0.4 is 5.32 Å². The van der Waals surface area contributed by atoms with Gasteiger partial charge in [0.2, 0.25) is 0 Å². The average Bonchev–Trinajstić information content (AvgIpc) is 2.73. The maximum absolute atomic E-state index is 5.92. The van der Waals surface area contributed by atoms with E-state index >= 15 is 0 Å². The van der Waals surface area contributed by atoms with Gasteiger partial charge in [-0.25, -0.2) is 15.0 Å². The van der Waals surface area contributed by atoms with Crippen molar-refractivity contribution in [2.45, 2.75) is 58.0 Å². The second-order valence-electron chi connectivity index (χ2n) is 10.4. The Labute approximate surface area is 183 Å². The summed E-state index contributed by atoms with van der Waals surface area (Å²) in [6.45, 7) is 3.87. The molecule has 2 aromatic heterocycles. The molecule has 1 aliphatic heterocycles. The lowest BCUT2D eigenvalue weighted by Crippen LogP contribution is -2.49. The fraction of sp³-hybridized carbons (Fsp3) is 0.625. The Balaban J connectivity index is 1.14. The van der Waals surface area contributed by atoms with Crippen LogP contribution >= 0.6 is 11.6 Å². The molecule has 4 bridgehead atoms. The van der Waals surface area contributed by atoms with Crippen molar-refractivity contribution in [1.29, 1.82) is 0 Å². The Bertz CT molecular complexity index is 892. The van der Waals surface area contributed by atoms with E-state index in [2.05, 4.69) is 31.2 Å². The van der Waals surface area contributed by atoms with Gasteiger partial charge in [0.1, 0.15) is 17.3 Å². The molecule has 0 aromatic carbocycles. The number of rotatable bonds is 5. The van der Waals surface area contributed by atoms with E-state index in [-0.39, 0.29) is 0 Å². The zero-order valence-corrected chi connectivity index (χ0v) is 18.2. The number of pyridine rings is 1. The molecule has 0 unspecified atom stereocenters. The third-order valence-corrected chi connectivity index (χ3v) is 8.30. The van der Waals surface area contributed by atoms with Crippen molar-refractivity contribution in [3.8, 4) is 0 Å². The van der Waals surface area contributed by atoms with Gasteiger partial charge in [-0.2, -0.15) is 0 Å². The van der Waals surface area contributed by atoms with Crippen LogP contribution in [0.4, 0.5) is 5.82 Å². The normalized spacial score (nSPS) is 32.2. The number of anilines is 1. The van der Waals surface area contributed by atoms with Crippen LogP contribution in [-0.2, 0) is 19.5 Å². The Morgan fingerprint density at radius 1 is 1.03 bits per heavy atom. The summed E-state index contributed by atoms with van der Waals surface area (Å²) in [5.74, 6) is 4.07. The summed E-state index contributed by atoms with van der Waals surface area (Å²) in [5.41, 5.74) is 4.21. The summed E-state index contributed by atoms with van der Waals surface area (Å²) in [6, 6.07) is 3.92. The van der Waals surface area contributed by atoms with E-state index in [1.165, 1.54) is 55.3 Å². The smallest absolute Gasteiger partial charge is 0.132 e. The zero-order valence-electron chi connectivity index (χ0n) is 17.5. The van der Waals surface area contributed by atoms with E-state index in [0.29, 0.717) is 10.6 Å².